The van der Waals surface area contributed by atoms with E-state index in [9.17, 15) is 23.7 Å². The first-order chi connectivity index (χ1) is 23.4. The predicted molar refractivity (Wildman–Crippen MR) is 201 cm³/mol. The summed E-state index contributed by atoms with van der Waals surface area (Å²) in [6, 6.07) is 0. The van der Waals surface area contributed by atoms with Crippen LogP contribution in [0.3, 0.4) is 0 Å². The van der Waals surface area contributed by atoms with E-state index in [4.69, 9.17) is 4.74 Å². The number of carbonyl (C=O) groups excluding carboxylic acids is 1. The van der Waals surface area contributed by atoms with Gasteiger partial charge in [-0.05, 0) is 44.9 Å². The Labute approximate surface area is 297 Å². The molecule has 1 amide bonds. The fourth-order valence-corrected chi connectivity index (χ4v) is 6.78. The minimum atomic E-state index is -2.80. The molecule has 9 heteroatoms. The van der Waals surface area contributed by atoms with E-state index in [2.05, 4.69) is 38.2 Å². The normalized spacial score (nSPS) is 13.1. The summed E-state index contributed by atoms with van der Waals surface area (Å²) in [5.74, 6) is -0.175. The lowest BCUT2D eigenvalue weighted by atomic mass is 10.0. The molecule has 3 unspecified atom stereocenters. The zero-order valence-corrected chi connectivity index (χ0v) is 32.9. The van der Waals surface area contributed by atoms with Crippen LogP contribution in [0.1, 0.15) is 181 Å². The van der Waals surface area contributed by atoms with Gasteiger partial charge in [-0.25, -0.2) is 0 Å². The number of unbranched alkanes of at least 4 members (excludes halogenated alkanes) is 21. The van der Waals surface area contributed by atoms with E-state index in [-0.39, 0.29) is 31.8 Å². The summed E-state index contributed by atoms with van der Waals surface area (Å²) in [6.45, 7) is 5.03. The first-order valence-corrected chi connectivity index (χ1v) is 22.4. The lowest BCUT2D eigenvalue weighted by molar-refractivity contribution is -0.167. The van der Waals surface area contributed by atoms with E-state index >= 15 is 0 Å². The van der Waals surface area contributed by atoms with Crippen LogP contribution in [0.2, 0.25) is 0 Å². The third kappa shape index (κ3) is 33.5. The summed E-state index contributed by atoms with van der Waals surface area (Å²) in [5, 5.41) is 0. The standard InChI is InChI=1S/C39H73NO6P2/c1-3-5-7-9-11-13-15-17-19-20-22-24-26-28-30-32-39(41)40(33-35-47(42)43)36-38(48(44)45)37-46-34-31-29-27-25-23-21-18-16-14-12-10-8-6-4-2/h11,13,17,19,38H,3-10,12,14-16,18,20-37H2,1-2H3. The number of amides is 1. The molecule has 3 atom stereocenters. The highest BCUT2D eigenvalue weighted by atomic mass is 31.1. The number of nitrogens with zero attached hydrogens (tertiary/aromatic N) is 1. The molecule has 0 heterocycles. The lowest BCUT2D eigenvalue weighted by Gasteiger charge is -2.23. The first kappa shape index (κ1) is 47.0. The van der Waals surface area contributed by atoms with Crippen molar-refractivity contribution >= 4 is 22.0 Å². The molecule has 0 aliphatic carbocycles. The van der Waals surface area contributed by atoms with Crippen LogP contribution in [0.25, 0.3) is 0 Å². The number of rotatable bonds is 37. The Morgan fingerprint density at radius 1 is 0.646 bits per heavy atom. The fraction of sp³-hybridized carbons (Fsp3) is 0.872. The largest absolute Gasteiger partial charge is 0.596 e. The Morgan fingerprint density at radius 3 is 1.62 bits per heavy atom. The van der Waals surface area contributed by atoms with Crippen LogP contribution in [0.5, 0.6) is 0 Å². The van der Waals surface area contributed by atoms with Crippen molar-refractivity contribution in [3.8, 4) is 0 Å². The number of ether oxygens (including phenoxy) is 1. The minimum absolute atomic E-state index is 0.0142. The van der Waals surface area contributed by atoms with E-state index in [0.717, 1.165) is 57.8 Å². The maximum absolute atomic E-state index is 12.9. The van der Waals surface area contributed by atoms with Crippen molar-refractivity contribution in [1.82, 2.24) is 4.90 Å². The Hall–Kier alpha value is -0.970. The Kier molecular flexibility index (Phi) is 36.5. The molecule has 0 fully saturated rings. The average Bonchev–Trinajstić information content (AvgIpc) is 3.06. The first-order valence-electron chi connectivity index (χ1n) is 19.8. The van der Waals surface area contributed by atoms with Crippen LogP contribution in [-0.2, 0) is 18.7 Å². The van der Waals surface area contributed by atoms with E-state index in [1.54, 1.807) is 0 Å². The quantitative estimate of drug-likeness (QED) is 0.0360. The van der Waals surface area contributed by atoms with Gasteiger partial charge in [0, 0.05) is 13.0 Å². The predicted octanol–water partition coefficient (Wildman–Crippen LogP) is 10.7. The minimum Gasteiger partial charge on any atom is -0.596 e. The summed E-state index contributed by atoms with van der Waals surface area (Å²) in [5.41, 5.74) is -0.829. The van der Waals surface area contributed by atoms with Crippen LogP contribution in [0.4, 0.5) is 0 Å². The molecule has 0 saturated heterocycles. The highest BCUT2D eigenvalue weighted by Gasteiger charge is 2.28. The van der Waals surface area contributed by atoms with Gasteiger partial charge in [0.15, 0.2) is 11.8 Å². The van der Waals surface area contributed by atoms with Gasteiger partial charge >= 0.3 is 16.1 Å². The Morgan fingerprint density at radius 2 is 1.10 bits per heavy atom. The third-order valence-electron chi connectivity index (χ3n) is 8.93. The summed E-state index contributed by atoms with van der Waals surface area (Å²) < 4.78 is 28.9. The Bertz CT molecular complexity index is 822. The van der Waals surface area contributed by atoms with Gasteiger partial charge in [0.05, 0.1) is 19.7 Å². The number of hydrogen-bond donors (Lipinski definition) is 0. The summed E-state index contributed by atoms with van der Waals surface area (Å²) in [4.78, 5) is 37.6. The van der Waals surface area contributed by atoms with E-state index < -0.39 is 21.7 Å². The van der Waals surface area contributed by atoms with E-state index in [1.165, 1.54) is 108 Å². The SMILES string of the molecule is CCCCCC=CCC=CCCCCCCCC(=O)N(CC[P+](=O)[O-])CC(COCCCCCCCCCCCCCCCC)[P+](=O)[O-]. The molecule has 7 nitrogen and oxygen atoms in total. The zero-order valence-electron chi connectivity index (χ0n) is 31.1. The van der Waals surface area contributed by atoms with Gasteiger partial charge in [0.25, 0.3) is 0 Å². The zero-order chi connectivity index (χ0) is 35.3. The molecular weight excluding hydrogens is 640 g/mol. The molecule has 0 saturated carbocycles. The van der Waals surface area contributed by atoms with Gasteiger partial charge in [-0.15, -0.1) is 0 Å². The van der Waals surface area contributed by atoms with Crippen molar-refractivity contribution in [2.75, 3.05) is 32.5 Å². The molecule has 280 valence electrons. The van der Waals surface area contributed by atoms with Gasteiger partial charge in [-0.2, -0.15) is 0 Å². The second-order valence-electron chi connectivity index (χ2n) is 13.5. The molecule has 0 aromatic heterocycles. The van der Waals surface area contributed by atoms with Crippen molar-refractivity contribution in [3.05, 3.63) is 24.3 Å². The Balaban J connectivity index is 4.12. The molecule has 0 aromatic carbocycles. The lowest BCUT2D eigenvalue weighted by Crippen LogP contribution is -2.40. The monoisotopic (exact) mass is 713 g/mol. The summed E-state index contributed by atoms with van der Waals surface area (Å²) in [7, 11) is -5.45. The molecule has 0 aliphatic heterocycles. The molecule has 0 aromatic rings. The van der Waals surface area contributed by atoms with Crippen molar-refractivity contribution < 1.29 is 28.4 Å². The summed E-state index contributed by atoms with van der Waals surface area (Å²) >= 11 is 0. The van der Waals surface area contributed by atoms with Crippen molar-refractivity contribution in [1.29, 1.82) is 0 Å². The fourth-order valence-electron chi connectivity index (χ4n) is 5.82. The maximum Gasteiger partial charge on any atom is 0.316 e. The number of carbonyl (C=O) groups is 1. The van der Waals surface area contributed by atoms with E-state index in [0.29, 0.717) is 13.0 Å². The van der Waals surface area contributed by atoms with Crippen LogP contribution in [0, 0.1) is 0 Å². The second kappa shape index (κ2) is 37.3. The topological polar surface area (TPSA) is 110 Å². The average molecular weight is 714 g/mol. The van der Waals surface area contributed by atoms with Gasteiger partial charge in [-0.1, -0.05) is 163 Å². The van der Waals surface area contributed by atoms with Gasteiger partial charge in [0.1, 0.15) is 0 Å². The number of hydrogen-bond acceptors (Lipinski definition) is 6. The number of allylic oxidation sites excluding steroid dienone is 4. The van der Waals surface area contributed by atoms with Gasteiger partial charge < -0.3 is 19.4 Å². The summed E-state index contributed by atoms with van der Waals surface area (Å²) in [6.07, 6.45) is 39.0. The molecule has 48 heavy (non-hydrogen) atoms. The molecule has 0 bridgehead atoms. The van der Waals surface area contributed by atoms with Crippen molar-refractivity contribution in [2.24, 2.45) is 0 Å². The molecule has 0 aliphatic rings. The van der Waals surface area contributed by atoms with Gasteiger partial charge in [0.2, 0.25) is 5.91 Å². The molecule has 0 radical (unpaired) electrons. The van der Waals surface area contributed by atoms with Crippen LogP contribution in [0.15, 0.2) is 24.3 Å². The molecule has 0 N–H and O–H groups in total. The van der Waals surface area contributed by atoms with Crippen LogP contribution in [-0.4, -0.2) is 48.9 Å². The highest BCUT2D eigenvalue weighted by Crippen LogP contribution is 2.22. The smallest absolute Gasteiger partial charge is 0.316 e. The van der Waals surface area contributed by atoms with Crippen LogP contribution < -0.4 is 9.79 Å². The van der Waals surface area contributed by atoms with Crippen molar-refractivity contribution in [3.63, 3.8) is 0 Å². The second-order valence-corrected chi connectivity index (χ2v) is 15.9. The van der Waals surface area contributed by atoms with Crippen LogP contribution >= 0.6 is 16.1 Å². The molecule has 0 spiro atoms. The maximum atomic E-state index is 12.9. The van der Waals surface area contributed by atoms with Gasteiger partial charge in [-0.3, -0.25) is 4.79 Å². The van der Waals surface area contributed by atoms with Crippen molar-refractivity contribution in [2.45, 2.75) is 186 Å². The molecular formula is C39H73NO6P2. The van der Waals surface area contributed by atoms with E-state index in [1.807, 2.05) is 0 Å². The molecule has 0 rings (SSSR count). The third-order valence-corrected chi connectivity index (χ3v) is 10.4. The highest BCUT2D eigenvalue weighted by molar-refractivity contribution is 7.37.